The summed E-state index contributed by atoms with van der Waals surface area (Å²) in [5.74, 6) is 0. The predicted octanol–water partition coefficient (Wildman–Crippen LogP) is 0.499. The third-order valence-electron chi connectivity index (χ3n) is 3.07. The van der Waals surface area contributed by atoms with Gasteiger partial charge >= 0.3 is 0 Å². The van der Waals surface area contributed by atoms with Crippen molar-refractivity contribution in [2.45, 2.75) is 22.3 Å². The van der Waals surface area contributed by atoms with Gasteiger partial charge in [-0.3, -0.25) is 0 Å². The topological polar surface area (TPSA) is 91.8 Å². The van der Waals surface area contributed by atoms with Crippen molar-refractivity contribution in [3.8, 4) is 0 Å². The van der Waals surface area contributed by atoms with E-state index < -0.39 is 26.0 Å². The summed E-state index contributed by atoms with van der Waals surface area (Å²) < 4.78 is 48.9. The van der Waals surface area contributed by atoms with Gasteiger partial charge in [0, 0.05) is 19.3 Å². The van der Waals surface area contributed by atoms with E-state index in [9.17, 15) is 21.9 Å². The number of sulfone groups is 1. The second-order valence-electron chi connectivity index (χ2n) is 4.67. The summed E-state index contributed by atoms with van der Waals surface area (Å²) in [6.45, 7) is 0.171. The normalized spacial score (nSPS) is 21.2. The van der Waals surface area contributed by atoms with E-state index in [1.807, 2.05) is 0 Å². The van der Waals surface area contributed by atoms with E-state index in [1.165, 1.54) is 12.1 Å². The number of hydrogen-bond acceptors (Lipinski definition) is 5. The fourth-order valence-corrected chi connectivity index (χ4v) is 4.69. The zero-order valence-electron chi connectivity index (χ0n) is 10.7. The predicted molar refractivity (Wildman–Crippen MR) is 73.9 cm³/mol. The van der Waals surface area contributed by atoms with Crippen molar-refractivity contribution >= 4 is 31.5 Å². The molecular weight excluding hydrogens is 326 g/mol. The SMILES string of the molecule is CS(=O)(=O)c1ccc(Cl)c(S(=O)(=O)N2CCC(O)C2)c1. The van der Waals surface area contributed by atoms with Crippen LogP contribution in [0.2, 0.25) is 5.02 Å². The van der Waals surface area contributed by atoms with E-state index in [0.29, 0.717) is 6.42 Å². The highest BCUT2D eigenvalue weighted by Crippen LogP contribution is 2.29. The molecule has 1 aliphatic rings. The van der Waals surface area contributed by atoms with Gasteiger partial charge in [0.15, 0.2) is 9.84 Å². The summed E-state index contributed by atoms with van der Waals surface area (Å²) in [4.78, 5) is -0.364. The first-order chi connectivity index (χ1) is 9.12. The summed E-state index contributed by atoms with van der Waals surface area (Å²) in [6.07, 6.45) is 0.635. The van der Waals surface area contributed by atoms with Crippen LogP contribution in [0.4, 0.5) is 0 Å². The second kappa shape index (κ2) is 5.27. The zero-order chi connectivity index (χ0) is 15.1. The van der Waals surface area contributed by atoms with Gasteiger partial charge in [0.1, 0.15) is 4.90 Å². The van der Waals surface area contributed by atoms with Crippen molar-refractivity contribution in [3.05, 3.63) is 23.2 Å². The summed E-state index contributed by atoms with van der Waals surface area (Å²) in [5, 5.41) is 9.39. The first-order valence-electron chi connectivity index (χ1n) is 5.80. The lowest BCUT2D eigenvalue weighted by atomic mass is 10.3. The fourth-order valence-electron chi connectivity index (χ4n) is 1.98. The molecule has 1 N–H and O–H groups in total. The molecule has 0 aromatic heterocycles. The van der Waals surface area contributed by atoms with Gasteiger partial charge in [-0.25, -0.2) is 16.8 Å². The number of aliphatic hydroxyl groups excluding tert-OH is 1. The lowest BCUT2D eigenvalue weighted by Crippen LogP contribution is -2.30. The molecule has 0 bridgehead atoms. The zero-order valence-corrected chi connectivity index (χ0v) is 13.0. The van der Waals surface area contributed by atoms with Gasteiger partial charge in [-0.05, 0) is 24.6 Å². The molecule has 1 unspecified atom stereocenters. The van der Waals surface area contributed by atoms with Crippen LogP contribution in [0.15, 0.2) is 28.0 Å². The van der Waals surface area contributed by atoms with Crippen LogP contribution < -0.4 is 0 Å². The molecule has 20 heavy (non-hydrogen) atoms. The Morgan fingerprint density at radius 1 is 1.30 bits per heavy atom. The highest BCUT2D eigenvalue weighted by Gasteiger charge is 2.33. The summed E-state index contributed by atoms with van der Waals surface area (Å²) in [5.41, 5.74) is 0. The largest absolute Gasteiger partial charge is 0.392 e. The van der Waals surface area contributed by atoms with Crippen LogP contribution in [-0.2, 0) is 19.9 Å². The van der Waals surface area contributed by atoms with Gasteiger partial charge in [0.25, 0.3) is 0 Å². The third kappa shape index (κ3) is 2.99. The number of nitrogens with zero attached hydrogens (tertiary/aromatic N) is 1. The molecule has 112 valence electrons. The van der Waals surface area contributed by atoms with E-state index in [-0.39, 0.29) is 27.9 Å². The molecule has 0 saturated carbocycles. The number of rotatable bonds is 3. The molecule has 0 aliphatic carbocycles. The minimum absolute atomic E-state index is 0.0121. The molecular formula is C11H14ClNO5S2. The summed E-state index contributed by atoms with van der Waals surface area (Å²) in [7, 11) is -7.44. The number of β-amino-alcohol motifs (C(OH)–C–C–N with tert-alkyl or cyclic N) is 1. The Morgan fingerprint density at radius 2 is 1.95 bits per heavy atom. The van der Waals surface area contributed by atoms with Gasteiger partial charge < -0.3 is 5.11 Å². The van der Waals surface area contributed by atoms with Crippen molar-refractivity contribution in [3.63, 3.8) is 0 Å². The van der Waals surface area contributed by atoms with E-state index in [2.05, 4.69) is 0 Å². The van der Waals surface area contributed by atoms with Crippen LogP contribution >= 0.6 is 11.6 Å². The lowest BCUT2D eigenvalue weighted by Gasteiger charge is -2.17. The average Bonchev–Trinajstić information content (AvgIpc) is 2.75. The minimum atomic E-state index is -3.91. The van der Waals surface area contributed by atoms with Gasteiger partial charge in [-0.1, -0.05) is 11.6 Å². The van der Waals surface area contributed by atoms with E-state index in [1.54, 1.807) is 0 Å². The van der Waals surface area contributed by atoms with Crippen molar-refractivity contribution < 1.29 is 21.9 Å². The maximum Gasteiger partial charge on any atom is 0.244 e. The van der Waals surface area contributed by atoms with Gasteiger partial charge in [-0.2, -0.15) is 4.31 Å². The van der Waals surface area contributed by atoms with Crippen molar-refractivity contribution in [2.24, 2.45) is 0 Å². The highest BCUT2D eigenvalue weighted by molar-refractivity contribution is 7.91. The lowest BCUT2D eigenvalue weighted by molar-refractivity contribution is 0.189. The molecule has 1 aromatic carbocycles. The highest BCUT2D eigenvalue weighted by atomic mass is 35.5. The Labute approximate surface area is 122 Å². The first kappa shape index (κ1) is 15.7. The Hall–Kier alpha value is -0.670. The quantitative estimate of drug-likeness (QED) is 0.865. The molecule has 9 heteroatoms. The molecule has 0 spiro atoms. The Kier molecular flexibility index (Phi) is 4.14. The Balaban J connectivity index is 2.52. The van der Waals surface area contributed by atoms with Crippen LogP contribution in [0.3, 0.4) is 0 Å². The molecule has 1 atom stereocenters. The summed E-state index contributed by atoms with van der Waals surface area (Å²) >= 11 is 5.88. The molecule has 0 amide bonds. The average molecular weight is 340 g/mol. The molecule has 2 rings (SSSR count). The Morgan fingerprint density at radius 3 is 2.45 bits per heavy atom. The third-order valence-corrected chi connectivity index (χ3v) is 6.53. The second-order valence-corrected chi connectivity index (χ2v) is 9.00. The van der Waals surface area contributed by atoms with Crippen LogP contribution in [0.25, 0.3) is 0 Å². The molecule has 1 fully saturated rings. The van der Waals surface area contributed by atoms with Crippen LogP contribution in [0.1, 0.15) is 6.42 Å². The molecule has 1 aromatic rings. The van der Waals surface area contributed by atoms with Crippen LogP contribution in [0, 0.1) is 0 Å². The number of sulfonamides is 1. The molecule has 1 saturated heterocycles. The molecule has 1 aliphatic heterocycles. The van der Waals surface area contributed by atoms with E-state index >= 15 is 0 Å². The van der Waals surface area contributed by atoms with Crippen molar-refractivity contribution in [1.82, 2.24) is 4.31 Å². The molecule has 6 nitrogen and oxygen atoms in total. The van der Waals surface area contributed by atoms with Crippen LogP contribution in [-0.4, -0.2) is 51.7 Å². The van der Waals surface area contributed by atoms with Gasteiger partial charge in [-0.15, -0.1) is 0 Å². The minimum Gasteiger partial charge on any atom is -0.392 e. The maximum atomic E-state index is 12.4. The van der Waals surface area contributed by atoms with Crippen LogP contribution in [0.5, 0.6) is 0 Å². The van der Waals surface area contributed by atoms with E-state index in [0.717, 1.165) is 16.6 Å². The molecule has 0 radical (unpaired) electrons. The monoisotopic (exact) mass is 339 g/mol. The van der Waals surface area contributed by atoms with E-state index in [4.69, 9.17) is 11.6 Å². The van der Waals surface area contributed by atoms with Crippen molar-refractivity contribution in [2.75, 3.05) is 19.3 Å². The Bertz CT molecular complexity index is 729. The number of halogens is 1. The first-order valence-corrected chi connectivity index (χ1v) is 9.51. The number of aliphatic hydroxyl groups is 1. The smallest absolute Gasteiger partial charge is 0.244 e. The summed E-state index contributed by atoms with van der Waals surface area (Å²) in [6, 6.07) is 3.56. The maximum absolute atomic E-state index is 12.4. The molecule has 1 heterocycles. The van der Waals surface area contributed by atoms with Gasteiger partial charge in [0.2, 0.25) is 10.0 Å². The van der Waals surface area contributed by atoms with Gasteiger partial charge in [0.05, 0.1) is 16.0 Å². The standard InChI is InChI=1S/C11H14ClNO5S2/c1-19(15,16)9-2-3-10(12)11(6-9)20(17,18)13-5-4-8(14)7-13/h2-3,6,8,14H,4-5,7H2,1H3. The number of hydrogen-bond donors (Lipinski definition) is 1. The fraction of sp³-hybridized carbons (Fsp3) is 0.455. The number of benzene rings is 1. The van der Waals surface area contributed by atoms with Crippen molar-refractivity contribution in [1.29, 1.82) is 0 Å².